The van der Waals surface area contributed by atoms with Gasteiger partial charge in [-0.25, -0.2) is 4.98 Å². The molecule has 6 heteroatoms. The van der Waals surface area contributed by atoms with Gasteiger partial charge >= 0.3 is 0 Å². The van der Waals surface area contributed by atoms with E-state index in [4.69, 9.17) is 4.74 Å². The van der Waals surface area contributed by atoms with Crippen molar-refractivity contribution in [1.82, 2.24) is 9.55 Å². The molecule has 0 bridgehead atoms. The van der Waals surface area contributed by atoms with E-state index in [-0.39, 0.29) is 6.04 Å². The second kappa shape index (κ2) is 6.45. The Hall–Kier alpha value is -2.88. The van der Waals surface area contributed by atoms with E-state index in [1.54, 1.807) is 30.5 Å². The third-order valence-electron chi connectivity index (χ3n) is 5.08. The van der Waals surface area contributed by atoms with Gasteiger partial charge in [-0.3, -0.25) is 0 Å². The van der Waals surface area contributed by atoms with Gasteiger partial charge in [0.15, 0.2) is 0 Å². The topological polar surface area (TPSA) is 91.3 Å². The van der Waals surface area contributed by atoms with Crippen molar-refractivity contribution in [3.63, 3.8) is 0 Å². The minimum absolute atomic E-state index is 0.351. The number of nitriles is 1. The van der Waals surface area contributed by atoms with Crippen molar-refractivity contribution in [2.75, 3.05) is 0 Å². The Balaban J connectivity index is 1.64. The fraction of sp³-hybridized carbons (Fsp3) is 0.300. The number of pyridine rings is 1. The van der Waals surface area contributed by atoms with E-state index >= 15 is 0 Å². The highest BCUT2D eigenvalue weighted by molar-refractivity contribution is 5.79. The maximum atomic E-state index is 10.6. The van der Waals surface area contributed by atoms with Crippen LogP contribution in [0.1, 0.15) is 23.6 Å². The number of nitrogens with zero attached hydrogens (tertiary/aromatic N) is 3. The number of aromatic nitrogens is 2. The first-order chi connectivity index (χ1) is 12.6. The van der Waals surface area contributed by atoms with Crippen LogP contribution < -0.4 is 4.74 Å². The van der Waals surface area contributed by atoms with Crippen LogP contribution in [0, 0.1) is 18.3 Å². The molecule has 1 saturated carbocycles. The van der Waals surface area contributed by atoms with Crippen LogP contribution in [0.15, 0.2) is 48.8 Å². The molecule has 0 radical (unpaired) electrons. The molecule has 1 aromatic carbocycles. The number of ether oxygens (including phenoxy) is 1. The summed E-state index contributed by atoms with van der Waals surface area (Å²) >= 11 is 0. The number of aliphatic hydroxyl groups excluding tert-OH is 2. The van der Waals surface area contributed by atoms with Crippen molar-refractivity contribution < 1.29 is 14.9 Å². The second-order valence-corrected chi connectivity index (χ2v) is 6.64. The van der Waals surface area contributed by atoms with E-state index in [0.717, 1.165) is 16.6 Å². The Labute approximate surface area is 150 Å². The SMILES string of the molecule is Cc1ccnc2c1ccn2[C@H]1C[C@@H](Oc2ccccc2C#N)[C@H](O)[C@@H]1O. The van der Waals surface area contributed by atoms with E-state index in [9.17, 15) is 15.5 Å². The van der Waals surface area contributed by atoms with Gasteiger partial charge in [-0.05, 0) is 36.8 Å². The average molecular weight is 349 g/mol. The highest BCUT2D eigenvalue weighted by atomic mass is 16.5. The van der Waals surface area contributed by atoms with Crippen LogP contribution in [0.5, 0.6) is 5.75 Å². The van der Waals surface area contributed by atoms with Gasteiger partial charge in [0.1, 0.15) is 35.8 Å². The van der Waals surface area contributed by atoms with Crippen LogP contribution in [0.25, 0.3) is 11.0 Å². The Morgan fingerprint density at radius 2 is 2.00 bits per heavy atom. The summed E-state index contributed by atoms with van der Waals surface area (Å²) in [6.45, 7) is 2.01. The lowest BCUT2D eigenvalue weighted by Crippen LogP contribution is -2.34. The number of fused-ring (bicyclic) bond motifs is 1. The maximum absolute atomic E-state index is 10.6. The third-order valence-corrected chi connectivity index (χ3v) is 5.08. The zero-order valence-electron chi connectivity index (χ0n) is 14.3. The van der Waals surface area contributed by atoms with Gasteiger partial charge in [-0.1, -0.05) is 12.1 Å². The molecule has 2 aromatic heterocycles. The summed E-state index contributed by atoms with van der Waals surface area (Å²) in [6, 6.07) is 12.5. The van der Waals surface area contributed by atoms with Crippen molar-refractivity contribution in [1.29, 1.82) is 5.26 Å². The number of rotatable bonds is 3. The van der Waals surface area contributed by atoms with Crippen molar-refractivity contribution in [2.24, 2.45) is 0 Å². The summed E-state index contributed by atoms with van der Waals surface area (Å²) in [5, 5.41) is 31.3. The first-order valence-electron chi connectivity index (χ1n) is 8.54. The molecule has 1 aliphatic rings. The molecule has 0 spiro atoms. The molecular weight excluding hydrogens is 330 g/mol. The lowest BCUT2D eigenvalue weighted by Gasteiger charge is -2.19. The van der Waals surface area contributed by atoms with Crippen LogP contribution in [0.4, 0.5) is 0 Å². The molecule has 0 unspecified atom stereocenters. The molecule has 1 fully saturated rings. The third kappa shape index (κ3) is 2.62. The lowest BCUT2D eigenvalue weighted by molar-refractivity contribution is -0.0164. The molecule has 0 aliphatic heterocycles. The van der Waals surface area contributed by atoms with Crippen LogP contribution in [-0.2, 0) is 0 Å². The van der Waals surface area contributed by atoms with Gasteiger partial charge < -0.3 is 19.5 Å². The average Bonchev–Trinajstić information content (AvgIpc) is 3.20. The minimum atomic E-state index is -1.05. The standard InChI is InChI=1S/C20H19N3O3/c1-12-6-8-22-20-14(12)7-9-23(20)15-10-17(19(25)18(15)24)26-16-5-3-2-4-13(16)11-21/h2-9,15,17-19,24-25H,10H2,1H3/t15-,17+,18+,19-/m0/s1. The number of hydrogen-bond acceptors (Lipinski definition) is 5. The first kappa shape index (κ1) is 16.6. The highest BCUT2D eigenvalue weighted by Gasteiger charge is 2.44. The van der Waals surface area contributed by atoms with Crippen molar-refractivity contribution in [3.8, 4) is 11.8 Å². The van der Waals surface area contributed by atoms with Crippen LogP contribution in [0.3, 0.4) is 0 Å². The number of benzene rings is 1. The van der Waals surface area contributed by atoms with Gasteiger partial charge in [0, 0.05) is 24.2 Å². The number of para-hydroxylation sites is 1. The summed E-state index contributed by atoms with van der Waals surface area (Å²) in [4.78, 5) is 4.43. The number of hydrogen-bond donors (Lipinski definition) is 2. The molecule has 26 heavy (non-hydrogen) atoms. The van der Waals surface area contributed by atoms with E-state index in [2.05, 4.69) is 11.1 Å². The van der Waals surface area contributed by atoms with Crippen molar-refractivity contribution in [2.45, 2.75) is 37.7 Å². The zero-order chi connectivity index (χ0) is 18.3. The summed E-state index contributed by atoms with van der Waals surface area (Å²) < 4.78 is 7.78. The minimum Gasteiger partial charge on any atom is -0.486 e. The summed E-state index contributed by atoms with van der Waals surface area (Å²) in [5.74, 6) is 0.415. The Morgan fingerprint density at radius 3 is 2.81 bits per heavy atom. The Morgan fingerprint density at radius 1 is 1.19 bits per heavy atom. The largest absolute Gasteiger partial charge is 0.486 e. The fourth-order valence-corrected chi connectivity index (χ4v) is 3.65. The van der Waals surface area contributed by atoms with Crippen LogP contribution >= 0.6 is 0 Å². The van der Waals surface area contributed by atoms with Gasteiger partial charge in [0.2, 0.25) is 0 Å². The summed E-state index contributed by atoms with van der Waals surface area (Å²) in [6.07, 6.45) is 1.41. The summed E-state index contributed by atoms with van der Waals surface area (Å²) in [5.41, 5.74) is 2.29. The van der Waals surface area contributed by atoms with Crippen LogP contribution in [-0.4, -0.2) is 38.1 Å². The molecule has 4 rings (SSSR count). The number of aliphatic hydroxyl groups is 2. The predicted molar refractivity (Wildman–Crippen MR) is 95.7 cm³/mol. The van der Waals surface area contributed by atoms with Crippen LogP contribution in [0.2, 0.25) is 0 Å². The highest BCUT2D eigenvalue weighted by Crippen LogP contribution is 2.36. The Bertz CT molecular complexity index is 991. The van der Waals surface area contributed by atoms with E-state index in [1.807, 2.05) is 29.8 Å². The summed E-state index contributed by atoms with van der Waals surface area (Å²) in [7, 11) is 0. The second-order valence-electron chi connectivity index (χ2n) is 6.64. The molecule has 1 aliphatic carbocycles. The predicted octanol–water partition coefficient (Wildman–Crippen LogP) is 2.33. The molecule has 0 saturated heterocycles. The Kier molecular flexibility index (Phi) is 4.11. The van der Waals surface area contributed by atoms with Gasteiger partial charge in [0.05, 0.1) is 11.6 Å². The maximum Gasteiger partial charge on any atom is 0.140 e. The van der Waals surface area contributed by atoms with E-state index in [0.29, 0.717) is 17.7 Å². The van der Waals surface area contributed by atoms with E-state index < -0.39 is 18.3 Å². The number of aryl methyl sites for hydroxylation is 1. The molecule has 132 valence electrons. The molecule has 3 aromatic rings. The normalized spacial score (nSPS) is 25.3. The van der Waals surface area contributed by atoms with Crippen molar-refractivity contribution in [3.05, 3.63) is 59.9 Å². The molecule has 4 atom stereocenters. The molecular formula is C20H19N3O3. The first-order valence-corrected chi connectivity index (χ1v) is 8.54. The fourth-order valence-electron chi connectivity index (χ4n) is 3.65. The molecule has 0 amide bonds. The molecule has 2 N–H and O–H groups in total. The lowest BCUT2D eigenvalue weighted by atomic mass is 10.2. The van der Waals surface area contributed by atoms with Crippen molar-refractivity contribution >= 4 is 11.0 Å². The van der Waals surface area contributed by atoms with E-state index in [1.165, 1.54) is 0 Å². The van der Waals surface area contributed by atoms with Gasteiger partial charge in [-0.15, -0.1) is 0 Å². The quantitative estimate of drug-likeness (QED) is 0.757. The monoisotopic (exact) mass is 349 g/mol. The van der Waals surface area contributed by atoms with Gasteiger partial charge in [-0.2, -0.15) is 5.26 Å². The smallest absolute Gasteiger partial charge is 0.140 e. The molecule has 2 heterocycles. The molecule has 6 nitrogen and oxygen atoms in total. The van der Waals surface area contributed by atoms with Gasteiger partial charge in [0.25, 0.3) is 0 Å². The zero-order valence-corrected chi connectivity index (χ0v) is 14.3.